The third kappa shape index (κ3) is 5.93. The van der Waals surface area contributed by atoms with Gasteiger partial charge in [-0.15, -0.1) is 0 Å². The number of halogens is 5. The van der Waals surface area contributed by atoms with Gasteiger partial charge in [0.25, 0.3) is 5.91 Å². The van der Waals surface area contributed by atoms with Crippen molar-refractivity contribution in [3.05, 3.63) is 63.7 Å². The van der Waals surface area contributed by atoms with Crippen molar-refractivity contribution in [3.63, 3.8) is 0 Å². The number of nitrogens with one attached hydrogen (secondary N) is 1. The maximum absolute atomic E-state index is 12.7. The van der Waals surface area contributed by atoms with Gasteiger partial charge in [-0.1, -0.05) is 23.2 Å². The summed E-state index contributed by atoms with van der Waals surface area (Å²) in [6.07, 6.45) is -1.74. The van der Waals surface area contributed by atoms with Gasteiger partial charge in [-0.05, 0) is 25.1 Å². The Kier molecular flexibility index (Phi) is 7.86. The summed E-state index contributed by atoms with van der Waals surface area (Å²) in [6.45, 7) is 2.09. The number of nitrogens with zero attached hydrogens (tertiary/aromatic N) is 5. The van der Waals surface area contributed by atoms with Gasteiger partial charge in [-0.3, -0.25) is 13.9 Å². The summed E-state index contributed by atoms with van der Waals surface area (Å²) in [6, 6.07) is 6.91. The SMILES string of the molecule is Cc1nc2nc(C(=O)Nc3ccn(C)n3)cn2c(-c2ccc(Cl)cc2Cl)c1CN.O=C(O)C(F)(F)F. The molecule has 0 radical (unpaired) electrons. The van der Waals surface area contributed by atoms with Gasteiger partial charge in [0.2, 0.25) is 5.78 Å². The highest BCUT2D eigenvalue weighted by atomic mass is 35.5. The molecular weight excluding hydrogens is 526 g/mol. The van der Waals surface area contributed by atoms with Gasteiger partial charge in [0.15, 0.2) is 5.82 Å². The fourth-order valence-electron chi connectivity index (χ4n) is 3.14. The molecule has 0 saturated carbocycles. The van der Waals surface area contributed by atoms with Gasteiger partial charge in [0.05, 0.1) is 10.7 Å². The lowest BCUT2D eigenvalue weighted by molar-refractivity contribution is -0.192. The second-order valence-electron chi connectivity index (χ2n) is 7.28. The molecule has 4 N–H and O–H groups in total. The van der Waals surface area contributed by atoms with Gasteiger partial charge in [-0.25, -0.2) is 14.8 Å². The summed E-state index contributed by atoms with van der Waals surface area (Å²) in [5.41, 5.74) is 9.15. The average molecular weight is 544 g/mol. The van der Waals surface area contributed by atoms with Crippen LogP contribution >= 0.6 is 23.2 Å². The molecule has 0 fully saturated rings. The number of anilines is 1. The van der Waals surface area contributed by atoms with Crippen molar-refractivity contribution >= 4 is 46.7 Å². The fraction of sp³-hybridized carbons (Fsp3) is 0.190. The number of carbonyl (C=O) groups excluding carboxylic acids is 1. The van der Waals surface area contributed by atoms with E-state index in [1.165, 1.54) is 0 Å². The minimum Gasteiger partial charge on any atom is -0.475 e. The number of carboxylic acids is 1. The summed E-state index contributed by atoms with van der Waals surface area (Å²) in [7, 11) is 1.77. The lowest BCUT2D eigenvalue weighted by atomic mass is 10.0. The van der Waals surface area contributed by atoms with Crippen molar-refractivity contribution in [3.8, 4) is 11.3 Å². The van der Waals surface area contributed by atoms with Gasteiger partial charge < -0.3 is 16.2 Å². The Labute approximate surface area is 211 Å². The smallest absolute Gasteiger partial charge is 0.475 e. The van der Waals surface area contributed by atoms with Crippen LogP contribution in [-0.4, -0.2) is 47.3 Å². The standard InChI is InChI=1S/C19H17Cl2N7O.C2HF3O2/c1-10-13(8-22)17(12-4-3-11(20)7-14(12)21)28-9-15(24-19(28)23-10)18(29)25-16-5-6-27(2)26-16;3-2(4,5)1(6)7/h3-7,9H,8,22H2,1-2H3,(H,25,26,29);(H,6,7). The summed E-state index contributed by atoms with van der Waals surface area (Å²) in [5, 5.41) is 15.0. The number of aromatic nitrogens is 5. The Morgan fingerprint density at radius 1 is 1.19 bits per heavy atom. The van der Waals surface area contributed by atoms with E-state index < -0.39 is 18.1 Å². The van der Waals surface area contributed by atoms with Crippen molar-refractivity contribution in [1.29, 1.82) is 0 Å². The maximum Gasteiger partial charge on any atom is 0.490 e. The van der Waals surface area contributed by atoms with Crippen molar-refractivity contribution in [1.82, 2.24) is 24.1 Å². The zero-order chi connectivity index (χ0) is 26.8. The third-order valence-corrected chi connectivity index (χ3v) is 5.29. The number of carboxylic acid groups (broad SMARTS) is 1. The van der Waals surface area contributed by atoms with Crippen LogP contribution in [0.5, 0.6) is 0 Å². The highest BCUT2D eigenvalue weighted by Crippen LogP contribution is 2.34. The second kappa shape index (κ2) is 10.5. The number of hydrogen-bond acceptors (Lipinski definition) is 6. The largest absolute Gasteiger partial charge is 0.490 e. The number of nitrogens with two attached hydrogens (primary N) is 1. The number of alkyl halides is 3. The normalized spacial score (nSPS) is 11.2. The zero-order valence-electron chi connectivity index (χ0n) is 18.6. The van der Waals surface area contributed by atoms with E-state index in [1.807, 2.05) is 13.0 Å². The molecule has 0 unspecified atom stereocenters. The molecule has 0 spiro atoms. The molecule has 190 valence electrons. The molecule has 3 heterocycles. The van der Waals surface area contributed by atoms with Crippen molar-refractivity contribution in [2.24, 2.45) is 12.8 Å². The maximum atomic E-state index is 12.7. The van der Waals surface area contributed by atoms with E-state index in [9.17, 15) is 18.0 Å². The van der Waals surface area contributed by atoms with Gasteiger partial charge in [0.1, 0.15) is 5.69 Å². The van der Waals surface area contributed by atoms with Crippen molar-refractivity contribution < 1.29 is 27.9 Å². The highest BCUT2D eigenvalue weighted by Gasteiger charge is 2.38. The molecule has 4 rings (SSSR count). The number of aryl methyl sites for hydroxylation is 2. The van der Waals surface area contributed by atoms with Crippen LogP contribution in [0.4, 0.5) is 19.0 Å². The molecule has 0 bridgehead atoms. The second-order valence-corrected chi connectivity index (χ2v) is 8.12. The van der Waals surface area contributed by atoms with Crippen molar-refractivity contribution in [2.75, 3.05) is 5.32 Å². The van der Waals surface area contributed by atoms with Crippen molar-refractivity contribution in [2.45, 2.75) is 19.6 Å². The van der Waals surface area contributed by atoms with Gasteiger partial charge in [-0.2, -0.15) is 18.3 Å². The first-order valence-electron chi connectivity index (χ1n) is 9.97. The molecular formula is C21H18Cl2F3N7O3. The van der Waals surface area contributed by atoms with Gasteiger partial charge in [0, 0.05) is 53.9 Å². The van der Waals surface area contributed by atoms with E-state index >= 15 is 0 Å². The summed E-state index contributed by atoms with van der Waals surface area (Å²) in [5.74, 6) is -2.35. The molecule has 0 saturated heterocycles. The lowest BCUT2D eigenvalue weighted by Gasteiger charge is -2.14. The van der Waals surface area contributed by atoms with E-state index in [2.05, 4.69) is 20.4 Å². The number of rotatable bonds is 4. The number of aliphatic carboxylic acids is 1. The molecule has 4 aromatic rings. The third-order valence-electron chi connectivity index (χ3n) is 4.74. The molecule has 0 atom stereocenters. The van der Waals surface area contributed by atoms with Crippen LogP contribution in [0.15, 0.2) is 36.7 Å². The highest BCUT2D eigenvalue weighted by molar-refractivity contribution is 6.36. The Balaban J connectivity index is 0.000000454. The monoisotopic (exact) mass is 543 g/mol. The molecule has 1 amide bonds. The van der Waals surface area contributed by atoms with E-state index in [4.69, 9.17) is 38.8 Å². The molecule has 0 aliphatic heterocycles. The summed E-state index contributed by atoms with van der Waals surface area (Å²) >= 11 is 12.5. The number of fused-ring (bicyclic) bond motifs is 1. The summed E-state index contributed by atoms with van der Waals surface area (Å²) in [4.78, 5) is 30.4. The fourth-order valence-corrected chi connectivity index (χ4v) is 3.64. The van der Waals surface area contributed by atoms with E-state index in [1.54, 1.807) is 46.7 Å². The zero-order valence-corrected chi connectivity index (χ0v) is 20.2. The van der Waals surface area contributed by atoms with E-state index in [-0.39, 0.29) is 12.2 Å². The van der Waals surface area contributed by atoms with E-state index in [0.717, 1.165) is 16.8 Å². The lowest BCUT2D eigenvalue weighted by Crippen LogP contribution is -2.21. The van der Waals surface area contributed by atoms with Crippen LogP contribution in [-0.2, 0) is 18.4 Å². The Morgan fingerprint density at radius 2 is 1.86 bits per heavy atom. The van der Waals surface area contributed by atoms with Crippen LogP contribution in [0.1, 0.15) is 21.7 Å². The van der Waals surface area contributed by atoms with Crippen LogP contribution in [0.2, 0.25) is 10.0 Å². The predicted molar refractivity (Wildman–Crippen MR) is 126 cm³/mol. The van der Waals surface area contributed by atoms with E-state index in [0.29, 0.717) is 27.3 Å². The van der Waals surface area contributed by atoms with Crippen LogP contribution in [0, 0.1) is 6.92 Å². The molecule has 15 heteroatoms. The molecule has 0 aliphatic carbocycles. The van der Waals surface area contributed by atoms with Gasteiger partial charge >= 0.3 is 12.1 Å². The average Bonchev–Trinajstić information content (AvgIpc) is 3.38. The first kappa shape index (κ1) is 26.9. The first-order valence-corrected chi connectivity index (χ1v) is 10.7. The number of amides is 1. The molecule has 3 aromatic heterocycles. The Hall–Kier alpha value is -3.68. The Morgan fingerprint density at radius 3 is 2.39 bits per heavy atom. The number of hydrogen-bond donors (Lipinski definition) is 3. The number of carbonyl (C=O) groups is 2. The topological polar surface area (TPSA) is 140 Å². The first-order chi connectivity index (χ1) is 16.8. The molecule has 0 aliphatic rings. The minimum atomic E-state index is -5.08. The number of benzene rings is 1. The molecule has 10 nitrogen and oxygen atoms in total. The summed E-state index contributed by atoms with van der Waals surface area (Å²) < 4.78 is 35.1. The minimum absolute atomic E-state index is 0.197. The predicted octanol–water partition coefficient (Wildman–Crippen LogP) is 4.09. The van der Waals surface area contributed by atoms with Crippen LogP contribution in [0.3, 0.4) is 0 Å². The number of imidazole rings is 1. The Bertz CT molecular complexity index is 1450. The quantitative estimate of drug-likeness (QED) is 0.352. The van der Waals surface area contributed by atoms with Crippen LogP contribution < -0.4 is 11.1 Å². The molecule has 1 aromatic carbocycles. The molecule has 36 heavy (non-hydrogen) atoms. The van der Waals surface area contributed by atoms with Crippen LogP contribution in [0.25, 0.3) is 17.0 Å².